The van der Waals surface area contributed by atoms with Gasteiger partial charge in [-0.2, -0.15) is 0 Å². The predicted octanol–water partition coefficient (Wildman–Crippen LogP) is 1.85. The Morgan fingerprint density at radius 2 is 2.18 bits per heavy atom. The van der Waals surface area contributed by atoms with Gasteiger partial charge in [0, 0.05) is 5.92 Å². The molecule has 0 saturated heterocycles. The van der Waals surface area contributed by atoms with Crippen molar-refractivity contribution in [3.05, 3.63) is 0 Å². The average molecular weight is 157 g/mol. The molecule has 3 heteroatoms. The molecule has 1 fully saturated rings. The molecule has 1 saturated carbocycles. The van der Waals surface area contributed by atoms with Crippen molar-refractivity contribution >= 4 is 6.08 Å². The standard InChI is InChI=1S/C8H12FNO/c9-5-7-3-1-2-4-8(7)10-6-11/h7-8H,1-5H2. The summed E-state index contributed by atoms with van der Waals surface area (Å²) in [6.45, 7) is -0.351. The minimum absolute atomic E-state index is 0.0230. The molecule has 0 aromatic carbocycles. The summed E-state index contributed by atoms with van der Waals surface area (Å²) < 4.78 is 12.3. The van der Waals surface area contributed by atoms with Crippen LogP contribution in [0.4, 0.5) is 4.39 Å². The van der Waals surface area contributed by atoms with Crippen LogP contribution in [0.25, 0.3) is 0 Å². The largest absolute Gasteiger partial charge is 0.251 e. The lowest BCUT2D eigenvalue weighted by Gasteiger charge is -2.24. The van der Waals surface area contributed by atoms with Crippen LogP contribution in [-0.2, 0) is 4.79 Å². The van der Waals surface area contributed by atoms with Gasteiger partial charge in [-0.1, -0.05) is 12.8 Å². The highest BCUT2D eigenvalue weighted by molar-refractivity contribution is 5.33. The second-order valence-corrected chi connectivity index (χ2v) is 2.99. The number of rotatable bonds is 2. The number of nitrogens with zero attached hydrogens (tertiary/aromatic N) is 1. The number of hydrogen-bond acceptors (Lipinski definition) is 2. The van der Waals surface area contributed by atoms with E-state index < -0.39 is 0 Å². The van der Waals surface area contributed by atoms with E-state index in [2.05, 4.69) is 4.99 Å². The fourth-order valence-electron chi connectivity index (χ4n) is 1.61. The third-order valence-corrected chi connectivity index (χ3v) is 2.29. The van der Waals surface area contributed by atoms with Crippen molar-refractivity contribution in [1.29, 1.82) is 0 Å². The molecule has 11 heavy (non-hydrogen) atoms. The summed E-state index contributed by atoms with van der Waals surface area (Å²) in [5.74, 6) is -0.0230. The molecule has 0 bridgehead atoms. The minimum Gasteiger partial charge on any atom is -0.251 e. The molecule has 0 N–H and O–H groups in total. The van der Waals surface area contributed by atoms with E-state index in [-0.39, 0.29) is 18.6 Å². The highest BCUT2D eigenvalue weighted by atomic mass is 19.1. The van der Waals surface area contributed by atoms with E-state index in [0.717, 1.165) is 25.7 Å². The molecule has 1 aliphatic rings. The first-order valence-corrected chi connectivity index (χ1v) is 4.01. The lowest BCUT2D eigenvalue weighted by atomic mass is 9.86. The Bertz CT molecular complexity index is 165. The van der Waals surface area contributed by atoms with Gasteiger partial charge in [0.15, 0.2) is 0 Å². The summed E-state index contributed by atoms with van der Waals surface area (Å²) in [5, 5.41) is 0. The summed E-state index contributed by atoms with van der Waals surface area (Å²) in [6, 6.07) is -0.0914. The number of hydrogen-bond donors (Lipinski definition) is 0. The molecule has 0 aliphatic heterocycles. The van der Waals surface area contributed by atoms with Crippen molar-refractivity contribution in [3.63, 3.8) is 0 Å². The molecule has 0 amide bonds. The van der Waals surface area contributed by atoms with Crippen LogP contribution in [-0.4, -0.2) is 18.8 Å². The maximum absolute atomic E-state index is 12.3. The maximum Gasteiger partial charge on any atom is 0.235 e. The zero-order valence-corrected chi connectivity index (χ0v) is 6.42. The van der Waals surface area contributed by atoms with E-state index in [1.807, 2.05) is 0 Å². The van der Waals surface area contributed by atoms with Crippen LogP contribution in [0.3, 0.4) is 0 Å². The van der Waals surface area contributed by atoms with Gasteiger partial charge in [0.05, 0.1) is 12.7 Å². The molecule has 2 unspecified atom stereocenters. The molecule has 0 spiro atoms. The van der Waals surface area contributed by atoms with Gasteiger partial charge in [0.2, 0.25) is 6.08 Å². The SMILES string of the molecule is O=C=NC1CCCCC1CF. The predicted molar refractivity (Wildman–Crippen MR) is 39.8 cm³/mol. The van der Waals surface area contributed by atoms with Gasteiger partial charge in [-0.15, -0.1) is 0 Å². The van der Waals surface area contributed by atoms with Crippen molar-refractivity contribution in [3.8, 4) is 0 Å². The topological polar surface area (TPSA) is 29.4 Å². The van der Waals surface area contributed by atoms with Gasteiger partial charge >= 0.3 is 0 Å². The van der Waals surface area contributed by atoms with Crippen LogP contribution in [0.5, 0.6) is 0 Å². The summed E-state index contributed by atoms with van der Waals surface area (Å²) in [6.07, 6.45) is 5.36. The van der Waals surface area contributed by atoms with Crippen LogP contribution >= 0.6 is 0 Å². The number of halogens is 1. The number of carbonyl (C=O) groups excluding carboxylic acids is 1. The maximum atomic E-state index is 12.3. The zero-order valence-electron chi connectivity index (χ0n) is 6.42. The first-order chi connectivity index (χ1) is 5.38. The van der Waals surface area contributed by atoms with Gasteiger partial charge < -0.3 is 0 Å². The van der Waals surface area contributed by atoms with Crippen molar-refractivity contribution in [2.75, 3.05) is 6.67 Å². The molecule has 1 aliphatic carbocycles. The average Bonchev–Trinajstić information content (AvgIpc) is 2.06. The van der Waals surface area contributed by atoms with Crippen LogP contribution in [0.1, 0.15) is 25.7 Å². The van der Waals surface area contributed by atoms with E-state index in [4.69, 9.17) is 0 Å². The molecule has 2 nitrogen and oxygen atoms in total. The number of isocyanates is 1. The molecule has 62 valence electrons. The van der Waals surface area contributed by atoms with E-state index in [9.17, 15) is 9.18 Å². The van der Waals surface area contributed by atoms with Gasteiger partial charge in [-0.25, -0.2) is 9.79 Å². The van der Waals surface area contributed by atoms with Crippen LogP contribution in [0.2, 0.25) is 0 Å². The van der Waals surface area contributed by atoms with Crippen LogP contribution in [0, 0.1) is 5.92 Å². The van der Waals surface area contributed by atoms with Gasteiger partial charge in [0.25, 0.3) is 0 Å². The van der Waals surface area contributed by atoms with Gasteiger partial charge in [0.1, 0.15) is 0 Å². The summed E-state index contributed by atoms with van der Waals surface area (Å²) in [5.41, 5.74) is 0. The third kappa shape index (κ3) is 2.12. The zero-order chi connectivity index (χ0) is 8.10. The molecule has 0 aromatic rings. The lowest BCUT2D eigenvalue weighted by molar-refractivity contribution is 0.248. The van der Waals surface area contributed by atoms with Crippen molar-refractivity contribution < 1.29 is 9.18 Å². The lowest BCUT2D eigenvalue weighted by Crippen LogP contribution is -2.24. The molecule has 2 atom stereocenters. The molecular formula is C8H12FNO. The number of aliphatic imine (C=N–C) groups is 1. The molecule has 0 heterocycles. The van der Waals surface area contributed by atoms with Crippen molar-refractivity contribution in [2.24, 2.45) is 10.9 Å². The molecule has 0 radical (unpaired) electrons. The van der Waals surface area contributed by atoms with Crippen LogP contribution < -0.4 is 0 Å². The first kappa shape index (κ1) is 8.41. The van der Waals surface area contributed by atoms with Gasteiger partial charge in [-0.3, -0.25) is 4.39 Å². The Morgan fingerprint density at radius 3 is 2.82 bits per heavy atom. The summed E-state index contributed by atoms with van der Waals surface area (Å²) >= 11 is 0. The molecular weight excluding hydrogens is 145 g/mol. The van der Waals surface area contributed by atoms with E-state index in [1.54, 1.807) is 0 Å². The van der Waals surface area contributed by atoms with E-state index in [0.29, 0.717) is 0 Å². The molecule has 1 rings (SSSR count). The van der Waals surface area contributed by atoms with Crippen molar-refractivity contribution in [1.82, 2.24) is 0 Å². The van der Waals surface area contributed by atoms with E-state index in [1.165, 1.54) is 6.08 Å². The smallest absolute Gasteiger partial charge is 0.235 e. The van der Waals surface area contributed by atoms with Crippen LogP contribution in [0.15, 0.2) is 4.99 Å². The fourth-order valence-corrected chi connectivity index (χ4v) is 1.61. The Hall–Kier alpha value is -0.690. The first-order valence-electron chi connectivity index (χ1n) is 4.01. The second kappa shape index (κ2) is 4.24. The normalized spacial score (nSPS) is 31.0. The highest BCUT2D eigenvalue weighted by Crippen LogP contribution is 2.26. The Balaban J connectivity index is 2.50. The Labute approximate surface area is 65.5 Å². The Kier molecular flexibility index (Phi) is 3.24. The summed E-state index contributed by atoms with van der Waals surface area (Å²) in [7, 11) is 0. The Morgan fingerprint density at radius 1 is 1.45 bits per heavy atom. The summed E-state index contributed by atoms with van der Waals surface area (Å²) in [4.78, 5) is 13.5. The second-order valence-electron chi connectivity index (χ2n) is 2.99. The monoisotopic (exact) mass is 157 g/mol. The van der Waals surface area contributed by atoms with Crippen molar-refractivity contribution in [2.45, 2.75) is 31.7 Å². The number of alkyl halides is 1. The van der Waals surface area contributed by atoms with Gasteiger partial charge in [-0.05, 0) is 12.8 Å². The fraction of sp³-hybridized carbons (Fsp3) is 0.875. The quantitative estimate of drug-likeness (QED) is 0.444. The molecule has 0 aromatic heterocycles. The highest BCUT2D eigenvalue weighted by Gasteiger charge is 2.24. The minimum atomic E-state index is -0.351. The third-order valence-electron chi connectivity index (χ3n) is 2.29. The van der Waals surface area contributed by atoms with E-state index >= 15 is 0 Å².